The Hall–Kier alpha value is -3.62. The molecule has 1 amide bonds. The van der Waals surface area contributed by atoms with E-state index in [2.05, 4.69) is 0 Å². The number of methoxy groups -OCH3 is 1. The van der Waals surface area contributed by atoms with Gasteiger partial charge in [0.05, 0.1) is 29.9 Å². The SMILES string of the molecule is COc1ccc(/C(O)=C2/C(=O)C(=O)N(c3ccc(C(=O)OCC(C)C)cc3)C2c2cccs2)cc1Cl. The minimum atomic E-state index is -0.857. The zero-order valence-corrected chi connectivity index (χ0v) is 21.4. The number of ketones is 1. The predicted molar refractivity (Wildman–Crippen MR) is 139 cm³/mol. The molecule has 0 bridgehead atoms. The molecule has 1 saturated heterocycles. The van der Waals surface area contributed by atoms with Crippen LogP contribution in [-0.2, 0) is 14.3 Å². The van der Waals surface area contributed by atoms with Crippen LogP contribution in [0.4, 0.5) is 5.69 Å². The van der Waals surface area contributed by atoms with Gasteiger partial charge in [0, 0.05) is 16.1 Å². The summed E-state index contributed by atoms with van der Waals surface area (Å²) in [5.41, 5.74) is 0.965. The molecule has 1 aromatic heterocycles. The van der Waals surface area contributed by atoms with Gasteiger partial charge in [-0.2, -0.15) is 0 Å². The van der Waals surface area contributed by atoms with Crippen molar-refractivity contribution in [3.05, 3.63) is 86.6 Å². The zero-order valence-electron chi connectivity index (χ0n) is 19.9. The van der Waals surface area contributed by atoms with Crippen molar-refractivity contribution < 1.29 is 29.0 Å². The van der Waals surface area contributed by atoms with Crippen molar-refractivity contribution in [2.75, 3.05) is 18.6 Å². The first-order chi connectivity index (χ1) is 17.2. The van der Waals surface area contributed by atoms with Crippen LogP contribution < -0.4 is 9.64 Å². The quantitative estimate of drug-likeness (QED) is 0.180. The lowest BCUT2D eigenvalue weighted by Crippen LogP contribution is -2.29. The second-order valence-corrected chi connectivity index (χ2v) is 9.96. The lowest BCUT2D eigenvalue weighted by molar-refractivity contribution is -0.132. The molecule has 1 N–H and O–H groups in total. The number of nitrogens with zero attached hydrogens (tertiary/aromatic N) is 1. The molecule has 1 atom stereocenters. The predicted octanol–water partition coefficient (Wildman–Crippen LogP) is 5.85. The van der Waals surface area contributed by atoms with Crippen molar-refractivity contribution in [1.82, 2.24) is 0 Å². The van der Waals surface area contributed by atoms with Crippen molar-refractivity contribution in [2.24, 2.45) is 5.92 Å². The van der Waals surface area contributed by atoms with Gasteiger partial charge in [-0.25, -0.2) is 4.79 Å². The fourth-order valence-corrected chi connectivity index (χ4v) is 4.95. The normalized spacial score (nSPS) is 17.0. The number of hydrogen-bond donors (Lipinski definition) is 1. The van der Waals surface area contributed by atoms with Crippen LogP contribution in [-0.4, -0.2) is 36.5 Å². The van der Waals surface area contributed by atoms with E-state index >= 15 is 0 Å². The number of halogens is 1. The van der Waals surface area contributed by atoms with Gasteiger partial charge in [-0.05, 0) is 59.8 Å². The molecule has 36 heavy (non-hydrogen) atoms. The van der Waals surface area contributed by atoms with Gasteiger partial charge in [-0.15, -0.1) is 11.3 Å². The number of aliphatic hydroxyl groups is 1. The van der Waals surface area contributed by atoms with Gasteiger partial charge in [-0.3, -0.25) is 14.5 Å². The Morgan fingerprint density at radius 1 is 1.11 bits per heavy atom. The molecule has 0 spiro atoms. The first-order valence-corrected chi connectivity index (χ1v) is 12.4. The number of carbonyl (C=O) groups is 3. The van der Waals surface area contributed by atoms with Gasteiger partial charge in [0.2, 0.25) is 0 Å². The number of carbonyl (C=O) groups excluding carboxylic acids is 3. The molecule has 2 heterocycles. The first kappa shape index (κ1) is 25.5. The van der Waals surface area contributed by atoms with Crippen molar-refractivity contribution in [3.8, 4) is 5.75 Å². The summed E-state index contributed by atoms with van der Waals surface area (Å²) in [5.74, 6) is -1.80. The summed E-state index contributed by atoms with van der Waals surface area (Å²) in [5, 5.41) is 13.3. The summed E-state index contributed by atoms with van der Waals surface area (Å²) >= 11 is 7.58. The zero-order chi connectivity index (χ0) is 26.0. The Labute approximate surface area is 217 Å². The molecule has 2 aromatic carbocycles. The fraction of sp³-hybridized carbons (Fsp3) is 0.222. The monoisotopic (exact) mass is 525 g/mol. The molecular formula is C27H24ClNO6S. The number of hydrogen-bond acceptors (Lipinski definition) is 7. The van der Waals surface area contributed by atoms with Gasteiger partial charge in [-0.1, -0.05) is 31.5 Å². The van der Waals surface area contributed by atoms with E-state index in [0.717, 1.165) is 0 Å². The standard InChI is InChI=1S/C27H24ClNO6S/c1-15(2)14-35-27(33)16-6-9-18(10-7-16)29-23(21-5-4-12-36-21)22(25(31)26(29)32)24(30)17-8-11-20(34-3)19(28)13-17/h4-13,15,23,30H,14H2,1-3H3/b24-22-. The van der Waals surface area contributed by atoms with E-state index in [1.165, 1.54) is 29.4 Å². The Morgan fingerprint density at radius 2 is 1.81 bits per heavy atom. The minimum absolute atomic E-state index is 0.0518. The van der Waals surface area contributed by atoms with E-state index in [0.29, 0.717) is 28.5 Å². The number of aliphatic hydroxyl groups excluding tert-OH is 1. The number of rotatable bonds is 7. The number of benzene rings is 2. The smallest absolute Gasteiger partial charge is 0.338 e. The highest BCUT2D eigenvalue weighted by atomic mass is 35.5. The number of thiophene rings is 1. The van der Waals surface area contributed by atoms with E-state index < -0.39 is 23.7 Å². The molecule has 7 nitrogen and oxygen atoms in total. The van der Waals surface area contributed by atoms with Crippen LogP contribution in [0.25, 0.3) is 5.76 Å². The molecular weight excluding hydrogens is 502 g/mol. The molecule has 1 unspecified atom stereocenters. The van der Waals surface area contributed by atoms with Crippen LogP contribution in [0.5, 0.6) is 5.75 Å². The molecule has 3 aromatic rings. The summed E-state index contributed by atoms with van der Waals surface area (Å²) in [7, 11) is 1.47. The van der Waals surface area contributed by atoms with Gasteiger partial charge >= 0.3 is 5.97 Å². The maximum Gasteiger partial charge on any atom is 0.338 e. The Balaban J connectivity index is 1.76. The third kappa shape index (κ3) is 4.87. The Kier molecular flexibility index (Phi) is 7.47. The van der Waals surface area contributed by atoms with Crippen molar-refractivity contribution in [2.45, 2.75) is 19.9 Å². The molecule has 0 aliphatic carbocycles. The molecule has 1 aliphatic rings. The van der Waals surface area contributed by atoms with Crippen molar-refractivity contribution in [1.29, 1.82) is 0 Å². The Morgan fingerprint density at radius 3 is 2.39 bits per heavy atom. The first-order valence-electron chi connectivity index (χ1n) is 11.2. The third-order valence-corrected chi connectivity index (χ3v) is 6.83. The molecule has 0 saturated carbocycles. The van der Waals surface area contributed by atoms with Crippen LogP contribution >= 0.6 is 22.9 Å². The molecule has 186 valence electrons. The van der Waals surface area contributed by atoms with Crippen LogP contribution in [0.3, 0.4) is 0 Å². The average Bonchev–Trinajstić information content (AvgIpc) is 3.49. The van der Waals surface area contributed by atoms with Gasteiger partial charge in [0.15, 0.2) is 0 Å². The maximum atomic E-state index is 13.2. The fourth-order valence-electron chi connectivity index (χ4n) is 3.87. The molecule has 0 radical (unpaired) electrons. The highest BCUT2D eigenvalue weighted by molar-refractivity contribution is 7.10. The summed E-state index contributed by atoms with van der Waals surface area (Å²) in [6.45, 7) is 4.18. The van der Waals surface area contributed by atoms with Crippen LogP contribution in [0.15, 0.2) is 65.6 Å². The van der Waals surface area contributed by atoms with Crippen molar-refractivity contribution in [3.63, 3.8) is 0 Å². The van der Waals surface area contributed by atoms with E-state index in [9.17, 15) is 19.5 Å². The largest absolute Gasteiger partial charge is 0.507 e. The lowest BCUT2D eigenvalue weighted by Gasteiger charge is -2.24. The average molecular weight is 526 g/mol. The third-order valence-electron chi connectivity index (χ3n) is 5.61. The number of ether oxygens (including phenoxy) is 2. The maximum absolute atomic E-state index is 13.2. The van der Waals surface area contributed by atoms with E-state index in [-0.39, 0.29) is 27.8 Å². The van der Waals surface area contributed by atoms with Crippen molar-refractivity contribution >= 4 is 52.0 Å². The summed E-state index contributed by atoms with van der Waals surface area (Å²) < 4.78 is 10.4. The van der Waals surface area contributed by atoms with Crippen LogP contribution in [0.2, 0.25) is 5.02 Å². The summed E-state index contributed by atoms with van der Waals surface area (Å²) in [6.07, 6.45) is 0. The number of anilines is 1. The van der Waals surface area contributed by atoms with Crippen LogP contribution in [0, 0.1) is 5.92 Å². The number of Topliss-reactive ketones (excluding diaryl/α,β-unsaturated/α-hetero) is 1. The topological polar surface area (TPSA) is 93.1 Å². The van der Waals surface area contributed by atoms with E-state index in [1.54, 1.807) is 48.5 Å². The Bertz CT molecular complexity index is 1330. The molecule has 9 heteroatoms. The van der Waals surface area contributed by atoms with Crippen LogP contribution in [0.1, 0.15) is 40.7 Å². The van der Waals surface area contributed by atoms with E-state index in [4.69, 9.17) is 21.1 Å². The molecule has 4 rings (SSSR count). The second-order valence-electron chi connectivity index (χ2n) is 8.57. The van der Waals surface area contributed by atoms with Gasteiger partial charge in [0.25, 0.3) is 11.7 Å². The number of esters is 1. The number of amides is 1. The van der Waals surface area contributed by atoms with Gasteiger partial charge < -0.3 is 14.6 Å². The van der Waals surface area contributed by atoms with Gasteiger partial charge in [0.1, 0.15) is 17.6 Å². The highest BCUT2D eigenvalue weighted by Gasteiger charge is 2.47. The summed E-state index contributed by atoms with van der Waals surface area (Å²) in [4.78, 5) is 40.7. The molecule has 1 aliphatic heterocycles. The van der Waals surface area contributed by atoms with E-state index in [1.807, 2.05) is 19.2 Å². The second kappa shape index (κ2) is 10.6. The highest BCUT2D eigenvalue weighted by Crippen LogP contribution is 2.44. The summed E-state index contributed by atoms with van der Waals surface area (Å²) in [6, 6.07) is 13.6. The molecule has 1 fully saturated rings. The lowest BCUT2D eigenvalue weighted by atomic mass is 9.99. The minimum Gasteiger partial charge on any atom is -0.507 e.